The lowest BCUT2D eigenvalue weighted by atomic mass is 10.1. The SMILES string of the molecule is CNc1ccc2c(c1)CN(Cc1ccncc1)C2. The number of rotatable bonds is 3. The molecule has 3 rings (SSSR count). The van der Waals surface area contributed by atoms with Crippen LogP contribution in [0.1, 0.15) is 16.7 Å². The Morgan fingerprint density at radius 2 is 1.89 bits per heavy atom. The first-order chi connectivity index (χ1) is 8.85. The molecule has 1 aliphatic heterocycles. The van der Waals surface area contributed by atoms with Crippen molar-refractivity contribution in [3.8, 4) is 0 Å². The fourth-order valence-electron chi connectivity index (χ4n) is 2.48. The van der Waals surface area contributed by atoms with Gasteiger partial charge in [-0.2, -0.15) is 0 Å². The smallest absolute Gasteiger partial charge is 0.0341 e. The first kappa shape index (κ1) is 11.2. The third-order valence-electron chi connectivity index (χ3n) is 3.44. The van der Waals surface area contributed by atoms with Gasteiger partial charge in [0.25, 0.3) is 0 Å². The zero-order valence-corrected chi connectivity index (χ0v) is 10.6. The average molecular weight is 239 g/mol. The van der Waals surface area contributed by atoms with Crippen LogP contribution in [0, 0.1) is 0 Å². The number of hydrogen-bond donors (Lipinski definition) is 1. The average Bonchev–Trinajstić information content (AvgIpc) is 2.80. The Labute approximate surface area is 107 Å². The number of anilines is 1. The van der Waals surface area contributed by atoms with Gasteiger partial charge in [-0.1, -0.05) is 6.07 Å². The van der Waals surface area contributed by atoms with Crippen LogP contribution in [-0.4, -0.2) is 16.9 Å². The molecule has 0 saturated heterocycles. The highest BCUT2D eigenvalue weighted by atomic mass is 15.1. The Kier molecular flexibility index (Phi) is 2.99. The fourth-order valence-corrected chi connectivity index (χ4v) is 2.48. The molecule has 0 saturated carbocycles. The molecule has 0 unspecified atom stereocenters. The van der Waals surface area contributed by atoms with Crippen LogP contribution >= 0.6 is 0 Å². The van der Waals surface area contributed by atoms with Crippen LogP contribution in [-0.2, 0) is 19.6 Å². The lowest BCUT2D eigenvalue weighted by Crippen LogP contribution is -2.15. The molecule has 2 aromatic rings. The number of pyridine rings is 1. The summed E-state index contributed by atoms with van der Waals surface area (Å²) in [6, 6.07) is 10.8. The summed E-state index contributed by atoms with van der Waals surface area (Å²) >= 11 is 0. The van der Waals surface area contributed by atoms with Crippen molar-refractivity contribution in [1.29, 1.82) is 0 Å². The highest BCUT2D eigenvalue weighted by Crippen LogP contribution is 2.26. The van der Waals surface area contributed by atoms with E-state index in [0.29, 0.717) is 0 Å². The number of aromatic nitrogens is 1. The van der Waals surface area contributed by atoms with Gasteiger partial charge in [-0.15, -0.1) is 0 Å². The second-order valence-corrected chi connectivity index (χ2v) is 4.73. The maximum Gasteiger partial charge on any atom is 0.0341 e. The van der Waals surface area contributed by atoms with Gasteiger partial charge in [0.1, 0.15) is 0 Å². The lowest BCUT2D eigenvalue weighted by molar-refractivity contribution is 0.275. The Morgan fingerprint density at radius 3 is 2.67 bits per heavy atom. The molecule has 92 valence electrons. The van der Waals surface area contributed by atoms with E-state index in [-0.39, 0.29) is 0 Å². The lowest BCUT2D eigenvalue weighted by Gasteiger charge is -2.14. The maximum absolute atomic E-state index is 4.06. The molecule has 1 aliphatic rings. The van der Waals surface area contributed by atoms with Gasteiger partial charge < -0.3 is 5.32 Å². The first-order valence-electron chi connectivity index (χ1n) is 6.26. The van der Waals surface area contributed by atoms with E-state index in [1.54, 1.807) is 0 Å². The standard InChI is InChI=1S/C15H17N3/c1-16-15-3-2-13-10-18(11-14(13)8-15)9-12-4-6-17-7-5-12/h2-8,16H,9-11H2,1H3. The number of fused-ring (bicyclic) bond motifs is 1. The molecule has 3 heteroatoms. The van der Waals surface area contributed by atoms with Crippen LogP contribution in [0.2, 0.25) is 0 Å². The van der Waals surface area contributed by atoms with Crippen LogP contribution < -0.4 is 5.32 Å². The molecule has 0 radical (unpaired) electrons. The van der Waals surface area contributed by atoms with Crippen LogP contribution in [0.25, 0.3) is 0 Å². The van der Waals surface area contributed by atoms with Gasteiger partial charge in [-0.25, -0.2) is 0 Å². The third-order valence-corrected chi connectivity index (χ3v) is 3.44. The first-order valence-corrected chi connectivity index (χ1v) is 6.26. The molecule has 18 heavy (non-hydrogen) atoms. The molecule has 1 aromatic heterocycles. The van der Waals surface area contributed by atoms with E-state index in [0.717, 1.165) is 19.6 Å². The minimum atomic E-state index is 0.992. The largest absolute Gasteiger partial charge is 0.388 e. The van der Waals surface area contributed by atoms with Gasteiger partial charge >= 0.3 is 0 Å². The van der Waals surface area contributed by atoms with Crippen molar-refractivity contribution in [1.82, 2.24) is 9.88 Å². The van der Waals surface area contributed by atoms with E-state index in [1.165, 1.54) is 22.4 Å². The summed E-state index contributed by atoms with van der Waals surface area (Å²) in [6.45, 7) is 3.07. The van der Waals surface area contributed by atoms with Gasteiger partial charge in [0.15, 0.2) is 0 Å². The second kappa shape index (κ2) is 4.78. The van der Waals surface area contributed by atoms with E-state index in [1.807, 2.05) is 19.4 Å². The third kappa shape index (κ3) is 2.22. The van der Waals surface area contributed by atoms with E-state index in [2.05, 4.69) is 45.5 Å². The molecule has 0 fully saturated rings. The normalized spacial score (nSPS) is 14.5. The molecule has 0 amide bonds. The van der Waals surface area contributed by atoms with Gasteiger partial charge in [0, 0.05) is 44.8 Å². The number of hydrogen-bond acceptors (Lipinski definition) is 3. The number of nitrogens with zero attached hydrogens (tertiary/aromatic N) is 2. The Morgan fingerprint density at radius 1 is 1.11 bits per heavy atom. The maximum atomic E-state index is 4.06. The summed E-state index contributed by atoms with van der Waals surface area (Å²) in [5.41, 5.74) is 5.41. The minimum Gasteiger partial charge on any atom is -0.388 e. The van der Waals surface area contributed by atoms with Gasteiger partial charge in [-0.05, 0) is 41.0 Å². The van der Waals surface area contributed by atoms with Crippen molar-refractivity contribution < 1.29 is 0 Å². The summed E-state index contributed by atoms with van der Waals surface area (Å²) in [4.78, 5) is 6.51. The van der Waals surface area contributed by atoms with Crippen molar-refractivity contribution in [2.75, 3.05) is 12.4 Å². The summed E-state index contributed by atoms with van der Waals surface area (Å²) in [5.74, 6) is 0. The van der Waals surface area contributed by atoms with Crippen molar-refractivity contribution in [3.63, 3.8) is 0 Å². The summed E-state index contributed by atoms with van der Waals surface area (Å²) in [7, 11) is 1.96. The monoisotopic (exact) mass is 239 g/mol. The summed E-state index contributed by atoms with van der Waals surface area (Å²) < 4.78 is 0. The van der Waals surface area contributed by atoms with E-state index < -0.39 is 0 Å². The molecule has 0 bridgehead atoms. The van der Waals surface area contributed by atoms with Gasteiger partial charge in [0.2, 0.25) is 0 Å². The molecule has 2 heterocycles. The molecular formula is C15H17N3. The van der Waals surface area contributed by atoms with Crippen LogP contribution in [0.15, 0.2) is 42.7 Å². The molecule has 1 aromatic carbocycles. The zero-order chi connectivity index (χ0) is 12.4. The topological polar surface area (TPSA) is 28.2 Å². The molecule has 0 spiro atoms. The molecule has 0 atom stereocenters. The van der Waals surface area contributed by atoms with Crippen molar-refractivity contribution in [2.24, 2.45) is 0 Å². The van der Waals surface area contributed by atoms with Crippen molar-refractivity contribution in [2.45, 2.75) is 19.6 Å². The quantitative estimate of drug-likeness (QED) is 0.892. The predicted molar refractivity (Wildman–Crippen MR) is 73.2 cm³/mol. The molecular weight excluding hydrogens is 222 g/mol. The summed E-state index contributed by atoms with van der Waals surface area (Å²) in [5, 5.41) is 3.19. The minimum absolute atomic E-state index is 0.992. The molecule has 0 aliphatic carbocycles. The van der Waals surface area contributed by atoms with Crippen LogP contribution in [0.5, 0.6) is 0 Å². The van der Waals surface area contributed by atoms with Crippen molar-refractivity contribution >= 4 is 5.69 Å². The zero-order valence-electron chi connectivity index (χ0n) is 10.6. The van der Waals surface area contributed by atoms with E-state index >= 15 is 0 Å². The number of benzene rings is 1. The molecule has 3 nitrogen and oxygen atoms in total. The Hall–Kier alpha value is -1.87. The molecule has 1 N–H and O–H groups in total. The number of nitrogens with one attached hydrogen (secondary N) is 1. The van der Waals surface area contributed by atoms with Gasteiger partial charge in [0.05, 0.1) is 0 Å². The van der Waals surface area contributed by atoms with Crippen LogP contribution in [0.4, 0.5) is 5.69 Å². The highest BCUT2D eigenvalue weighted by molar-refractivity contribution is 5.49. The Balaban J connectivity index is 1.73. The van der Waals surface area contributed by atoms with Gasteiger partial charge in [-0.3, -0.25) is 9.88 Å². The van der Waals surface area contributed by atoms with Crippen LogP contribution in [0.3, 0.4) is 0 Å². The van der Waals surface area contributed by atoms with E-state index in [4.69, 9.17) is 0 Å². The highest BCUT2D eigenvalue weighted by Gasteiger charge is 2.18. The van der Waals surface area contributed by atoms with E-state index in [9.17, 15) is 0 Å². The predicted octanol–water partition coefficient (Wildman–Crippen LogP) is 2.64. The second-order valence-electron chi connectivity index (χ2n) is 4.73. The fraction of sp³-hybridized carbons (Fsp3) is 0.267. The Bertz CT molecular complexity index is 537. The summed E-state index contributed by atoms with van der Waals surface area (Å²) in [6.07, 6.45) is 3.72. The van der Waals surface area contributed by atoms with Crippen molar-refractivity contribution in [3.05, 3.63) is 59.4 Å².